The van der Waals surface area contributed by atoms with Crippen molar-refractivity contribution in [1.29, 1.82) is 0 Å². The lowest BCUT2D eigenvalue weighted by Crippen LogP contribution is -2.21. The minimum atomic E-state index is -3.96. The summed E-state index contributed by atoms with van der Waals surface area (Å²) in [4.78, 5) is 41.5. The topological polar surface area (TPSA) is 119 Å². The molecule has 10 heteroatoms. The highest BCUT2D eigenvalue weighted by Gasteiger charge is 2.35. The van der Waals surface area contributed by atoms with E-state index in [0.717, 1.165) is 11.3 Å². The number of esters is 1. The first-order valence-corrected chi connectivity index (χ1v) is 11.5. The van der Waals surface area contributed by atoms with Crippen molar-refractivity contribution in [2.24, 2.45) is 0 Å². The van der Waals surface area contributed by atoms with Gasteiger partial charge in [0, 0.05) is 16.7 Å². The van der Waals surface area contributed by atoms with Crippen LogP contribution in [0.4, 0.5) is 5.13 Å². The summed E-state index contributed by atoms with van der Waals surface area (Å²) in [7, 11) is -3.96. The van der Waals surface area contributed by atoms with Crippen molar-refractivity contribution in [3.8, 4) is 0 Å². The third-order valence-electron chi connectivity index (χ3n) is 4.68. The SMILES string of the molecule is CCOC(=O)c1sc(NC(=O)c2ccc3c(c2)S(=O)(=O)c2ccccc2C3=O)nc1C. The van der Waals surface area contributed by atoms with Crippen LogP contribution in [0, 0.1) is 6.92 Å². The molecule has 8 nitrogen and oxygen atoms in total. The molecule has 0 radical (unpaired) electrons. The molecule has 2 heterocycles. The molecule has 2 aromatic carbocycles. The van der Waals surface area contributed by atoms with Gasteiger partial charge in [0.25, 0.3) is 5.91 Å². The van der Waals surface area contributed by atoms with Gasteiger partial charge in [-0.1, -0.05) is 23.5 Å². The largest absolute Gasteiger partial charge is 0.462 e. The van der Waals surface area contributed by atoms with E-state index in [1.54, 1.807) is 19.9 Å². The van der Waals surface area contributed by atoms with Gasteiger partial charge in [-0.05, 0) is 44.2 Å². The molecule has 4 rings (SSSR count). The predicted molar refractivity (Wildman–Crippen MR) is 113 cm³/mol. The van der Waals surface area contributed by atoms with Crippen LogP contribution in [0.2, 0.25) is 0 Å². The van der Waals surface area contributed by atoms with Gasteiger partial charge in [0.1, 0.15) is 4.88 Å². The number of hydrogen-bond donors (Lipinski definition) is 1. The molecular weight excluding hydrogens is 440 g/mol. The quantitative estimate of drug-likeness (QED) is 0.468. The molecule has 0 fully saturated rings. The lowest BCUT2D eigenvalue weighted by molar-refractivity contribution is 0.0530. The number of anilines is 1. The minimum Gasteiger partial charge on any atom is -0.462 e. The molecule has 31 heavy (non-hydrogen) atoms. The van der Waals surface area contributed by atoms with Crippen LogP contribution in [-0.4, -0.2) is 37.7 Å². The number of fused-ring (bicyclic) bond motifs is 2. The van der Waals surface area contributed by atoms with E-state index in [4.69, 9.17) is 4.74 Å². The van der Waals surface area contributed by atoms with Gasteiger partial charge in [-0.25, -0.2) is 18.2 Å². The molecule has 1 aliphatic rings. The Morgan fingerprint density at radius 2 is 1.81 bits per heavy atom. The Bertz CT molecular complexity index is 1360. The standard InChI is InChI=1S/C21H16N2O6S2/c1-3-29-20(26)18-11(2)22-21(30-18)23-19(25)12-8-9-14-16(10-12)31(27,28)15-7-5-4-6-13(15)17(14)24/h4-10H,3H2,1-2H3,(H,22,23,25). The van der Waals surface area contributed by atoms with Crippen LogP contribution in [0.1, 0.15) is 48.6 Å². The zero-order valence-corrected chi connectivity index (χ0v) is 18.1. The Kier molecular flexibility index (Phi) is 5.19. The molecule has 1 aliphatic heterocycles. The third-order valence-corrected chi connectivity index (χ3v) is 7.58. The number of aryl methyl sites for hydroxylation is 1. The number of rotatable bonds is 4. The summed E-state index contributed by atoms with van der Waals surface area (Å²) in [5.74, 6) is -1.56. The summed E-state index contributed by atoms with van der Waals surface area (Å²) in [5, 5.41) is 2.74. The Labute approximate surface area is 181 Å². The van der Waals surface area contributed by atoms with Gasteiger partial charge in [0.2, 0.25) is 9.84 Å². The Morgan fingerprint density at radius 3 is 2.55 bits per heavy atom. The van der Waals surface area contributed by atoms with Crippen LogP contribution < -0.4 is 5.32 Å². The van der Waals surface area contributed by atoms with E-state index in [1.807, 2.05) is 0 Å². The predicted octanol–water partition coefficient (Wildman–Crippen LogP) is 3.26. The zero-order valence-electron chi connectivity index (χ0n) is 16.5. The number of carbonyl (C=O) groups is 3. The fourth-order valence-corrected chi connectivity index (χ4v) is 5.76. The van der Waals surface area contributed by atoms with Crippen molar-refractivity contribution in [3.05, 3.63) is 69.7 Å². The second-order valence-electron chi connectivity index (χ2n) is 6.65. The number of hydrogen-bond acceptors (Lipinski definition) is 8. The summed E-state index contributed by atoms with van der Waals surface area (Å²) in [6.07, 6.45) is 0. The van der Waals surface area contributed by atoms with E-state index in [1.165, 1.54) is 36.4 Å². The first-order valence-electron chi connectivity index (χ1n) is 9.22. The number of nitrogens with one attached hydrogen (secondary N) is 1. The molecule has 158 valence electrons. The first-order chi connectivity index (χ1) is 14.7. The van der Waals surface area contributed by atoms with Crippen LogP contribution in [0.5, 0.6) is 0 Å². The number of ether oxygens (including phenoxy) is 1. The molecule has 0 aliphatic carbocycles. The highest BCUT2D eigenvalue weighted by molar-refractivity contribution is 7.91. The van der Waals surface area contributed by atoms with Gasteiger partial charge in [0.05, 0.1) is 22.1 Å². The van der Waals surface area contributed by atoms with E-state index < -0.39 is 27.5 Å². The van der Waals surface area contributed by atoms with E-state index in [-0.39, 0.29) is 43.1 Å². The molecule has 1 aromatic heterocycles. The summed E-state index contributed by atoms with van der Waals surface area (Å²) in [6, 6.07) is 9.86. The minimum absolute atomic E-state index is 0.0185. The van der Waals surface area contributed by atoms with Crippen LogP contribution in [0.15, 0.2) is 52.3 Å². The van der Waals surface area contributed by atoms with E-state index >= 15 is 0 Å². The van der Waals surface area contributed by atoms with Crippen molar-refractivity contribution in [3.63, 3.8) is 0 Å². The van der Waals surface area contributed by atoms with Gasteiger partial charge >= 0.3 is 5.97 Å². The highest BCUT2D eigenvalue weighted by Crippen LogP contribution is 2.35. The van der Waals surface area contributed by atoms with Gasteiger partial charge < -0.3 is 4.74 Å². The average molecular weight is 457 g/mol. The van der Waals surface area contributed by atoms with Gasteiger partial charge in [-0.15, -0.1) is 0 Å². The molecule has 1 N–H and O–H groups in total. The summed E-state index contributed by atoms with van der Waals surface area (Å²) >= 11 is 0.960. The van der Waals surface area contributed by atoms with E-state index in [2.05, 4.69) is 10.3 Å². The van der Waals surface area contributed by atoms with Crippen molar-refractivity contribution < 1.29 is 27.5 Å². The van der Waals surface area contributed by atoms with Crippen molar-refractivity contribution in [2.75, 3.05) is 11.9 Å². The molecule has 0 spiro atoms. The smallest absolute Gasteiger partial charge is 0.350 e. The number of amides is 1. The highest BCUT2D eigenvalue weighted by atomic mass is 32.2. The monoisotopic (exact) mass is 456 g/mol. The number of ketones is 1. The fraction of sp³-hybridized carbons (Fsp3) is 0.143. The summed E-state index contributed by atoms with van der Waals surface area (Å²) in [6.45, 7) is 3.51. The summed E-state index contributed by atoms with van der Waals surface area (Å²) < 4.78 is 31.0. The Morgan fingerprint density at radius 1 is 1.10 bits per heavy atom. The molecule has 0 atom stereocenters. The number of benzene rings is 2. The number of aromatic nitrogens is 1. The molecule has 3 aromatic rings. The second-order valence-corrected chi connectivity index (χ2v) is 9.53. The molecule has 0 unspecified atom stereocenters. The van der Waals surface area contributed by atoms with Crippen molar-refractivity contribution in [2.45, 2.75) is 23.6 Å². The van der Waals surface area contributed by atoms with Gasteiger partial charge in [0.15, 0.2) is 10.9 Å². The van der Waals surface area contributed by atoms with Crippen molar-refractivity contribution in [1.82, 2.24) is 4.98 Å². The van der Waals surface area contributed by atoms with Crippen LogP contribution in [0.3, 0.4) is 0 Å². The first kappa shape index (κ1) is 20.9. The molecule has 1 amide bonds. The number of thiazole rings is 1. The number of carbonyl (C=O) groups excluding carboxylic acids is 3. The average Bonchev–Trinajstić information content (AvgIpc) is 3.12. The maximum Gasteiger partial charge on any atom is 0.350 e. The molecule has 0 saturated carbocycles. The van der Waals surface area contributed by atoms with E-state index in [0.29, 0.717) is 5.69 Å². The lowest BCUT2D eigenvalue weighted by atomic mass is 10.0. The van der Waals surface area contributed by atoms with Gasteiger partial charge in [-0.3, -0.25) is 14.9 Å². The van der Waals surface area contributed by atoms with Crippen LogP contribution in [0.25, 0.3) is 0 Å². The maximum atomic E-state index is 13.0. The van der Waals surface area contributed by atoms with E-state index in [9.17, 15) is 22.8 Å². The maximum absolute atomic E-state index is 13.0. The lowest BCUT2D eigenvalue weighted by Gasteiger charge is -2.19. The summed E-state index contributed by atoms with van der Waals surface area (Å²) in [5.41, 5.74) is 0.580. The fourth-order valence-electron chi connectivity index (χ4n) is 3.23. The normalized spacial score (nSPS) is 13.8. The number of sulfone groups is 1. The zero-order chi connectivity index (χ0) is 22.3. The Balaban J connectivity index is 1.67. The molecule has 0 saturated heterocycles. The third kappa shape index (κ3) is 3.53. The van der Waals surface area contributed by atoms with Crippen LogP contribution >= 0.6 is 11.3 Å². The second kappa shape index (κ2) is 7.71. The molecular formula is C21H16N2O6S2. The van der Waals surface area contributed by atoms with Gasteiger partial charge in [-0.2, -0.15) is 0 Å². The Hall–Kier alpha value is -3.37. The number of nitrogens with zero attached hydrogens (tertiary/aromatic N) is 1. The van der Waals surface area contributed by atoms with Crippen LogP contribution in [-0.2, 0) is 14.6 Å². The van der Waals surface area contributed by atoms with Crippen molar-refractivity contribution >= 4 is 44.0 Å². The molecule has 0 bridgehead atoms.